The van der Waals surface area contributed by atoms with Crippen molar-refractivity contribution in [2.45, 2.75) is 5.54 Å². The van der Waals surface area contributed by atoms with Crippen molar-refractivity contribution in [1.29, 1.82) is 0 Å². The van der Waals surface area contributed by atoms with Crippen LogP contribution in [0.25, 0.3) is 0 Å². The molecule has 0 heterocycles. The lowest BCUT2D eigenvalue weighted by atomic mass is 9.95. The fraction of sp³-hybridized carbons (Fsp3) is 0.500. The quantitative estimate of drug-likeness (QED) is 0.377. The molecule has 13 heavy (non-hydrogen) atoms. The molecule has 0 spiro atoms. The maximum atomic E-state index is 11.4. The van der Waals surface area contributed by atoms with E-state index < -0.39 is 17.3 Å². The van der Waals surface area contributed by atoms with Crippen molar-refractivity contribution in [2.75, 3.05) is 19.8 Å². The minimum Gasteiger partial charge on any atom is -0.479 e. The van der Waals surface area contributed by atoms with Crippen molar-refractivity contribution in [3.05, 3.63) is 12.7 Å². The molecule has 0 aliphatic rings. The van der Waals surface area contributed by atoms with Crippen LogP contribution in [0.15, 0.2) is 12.7 Å². The summed E-state index contributed by atoms with van der Waals surface area (Å²) in [5.41, 5.74) is -1.59. The van der Waals surface area contributed by atoms with E-state index in [2.05, 4.69) is 19.2 Å². The lowest BCUT2D eigenvalue weighted by Gasteiger charge is -2.31. The van der Waals surface area contributed by atoms with Crippen LogP contribution >= 0.6 is 12.6 Å². The highest BCUT2D eigenvalue weighted by Gasteiger charge is 2.45. The van der Waals surface area contributed by atoms with Crippen LogP contribution in [-0.4, -0.2) is 47.1 Å². The minimum atomic E-state index is -1.59. The summed E-state index contributed by atoms with van der Waals surface area (Å²) in [6, 6.07) is 0. The van der Waals surface area contributed by atoms with Gasteiger partial charge in [0.2, 0.25) is 0 Å². The van der Waals surface area contributed by atoms with Gasteiger partial charge in [0.25, 0.3) is 0 Å². The Bertz CT molecular complexity index is 240. The Balaban J connectivity index is 5.22. The smallest absolute Gasteiger partial charge is 0.333 e. The molecule has 0 saturated heterocycles. The summed E-state index contributed by atoms with van der Waals surface area (Å²) in [6.45, 7) is 3.27. The molecule has 74 valence electrons. The van der Waals surface area contributed by atoms with Crippen molar-refractivity contribution >= 4 is 24.4 Å². The Morgan fingerprint density at radius 3 is 2.15 bits per heavy atom. The molecule has 0 aromatic heterocycles. The van der Waals surface area contributed by atoms with Crippen LogP contribution in [0.3, 0.4) is 0 Å². The standard InChI is InChI=1S/C8H13NO3S/c1-4-6(10)8(5-13,7(11)12)9(2)3/h4,13H,1,5H2,2-3H3,(H,11,12)/t8-/m1/s1. The summed E-state index contributed by atoms with van der Waals surface area (Å²) in [5.74, 6) is -1.85. The second-order valence-corrected chi connectivity index (χ2v) is 3.10. The summed E-state index contributed by atoms with van der Waals surface area (Å²) < 4.78 is 0. The summed E-state index contributed by atoms with van der Waals surface area (Å²) in [7, 11) is 3.04. The number of likely N-dealkylation sites (N-methyl/N-ethyl adjacent to an activating group) is 1. The van der Waals surface area contributed by atoms with Crippen LogP contribution < -0.4 is 0 Å². The molecular formula is C8H13NO3S. The van der Waals surface area contributed by atoms with Gasteiger partial charge in [-0.1, -0.05) is 6.58 Å². The summed E-state index contributed by atoms with van der Waals surface area (Å²) in [5, 5.41) is 8.94. The van der Waals surface area contributed by atoms with Gasteiger partial charge in [-0.3, -0.25) is 9.69 Å². The lowest BCUT2D eigenvalue weighted by Crippen LogP contribution is -2.58. The number of carbonyl (C=O) groups excluding carboxylic acids is 1. The van der Waals surface area contributed by atoms with E-state index in [1.807, 2.05) is 0 Å². The summed E-state index contributed by atoms with van der Waals surface area (Å²) in [6.07, 6.45) is 1.00. The molecule has 0 rings (SSSR count). The average molecular weight is 203 g/mol. The Morgan fingerprint density at radius 2 is 2.08 bits per heavy atom. The number of ketones is 1. The molecule has 1 N–H and O–H groups in total. The van der Waals surface area contributed by atoms with E-state index in [1.54, 1.807) is 0 Å². The van der Waals surface area contributed by atoms with Gasteiger partial charge in [0.15, 0.2) is 11.3 Å². The molecule has 0 saturated carbocycles. The molecule has 0 aliphatic carbocycles. The number of aliphatic carboxylic acids is 1. The second kappa shape index (κ2) is 4.43. The number of carboxylic acid groups (broad SMARTS) is 1. The monoisotopic (exact) mass is 203 g/mol. The largest absolute Gasteiger partial charge is 0.479 e. The van der Waals surface area contributed by atoms with Gasteiger partial charge in [0.1, 0.15) is 0 Å². The fourth-order valence-electron chi connectivity index (χ4n) is 0.973. The molecule has 0 aliphatic heterocycles. The molecular weight excluding hydrogens is 190 g/mol. The molecule has 5 heteroatoms. The first kappa shape index (κ1) is 12.2. The van der Waals surface area contributed by atoms with E-state index in [-0.39, 0.29) is 5.75 Å². The number of rotatable bonds is 5. The Morgan fingerprint density at radius 1 is 1.62 bits per heavy atom. The van der Waals surface area contributed by atoms with Gasteiger partial charge in [-0.15, -0.1) is 0 Å². The van der Waals surface area contributed by atoms with Crippen LogP contribution in [0.2, 0.25) is 0 Å². The molecule has 0 fully saturated rings. The predicted molar refractivity (Wildman–Crippen MR) is 53.1 cm³/mol. The number of hydrogen-bond acceptors (Lipinski definition) is 4. The minimum absolute atomic E-state index is 0.0831. The van der Waals surface area contributed by atoms with Crippen molar-refractivity contribution in [1.82, 2.24) is 4.90 Å². The van der Waals surface area contributed by atoms with Crippen molar-refractivity contribution in [3.63, 3.8) is 0 Å². The SMILES string of the molecule is C=CC(=O)[C@](CS)(C(=O)O)N(C)C. The van der Waals surface area contributed by atoms with Crippen LogP contribution in [-0.2, 0) is 9.59 Å². The summed E-state index contributed by atoms with van der Waals surface area (Å²) >= 11 is 3.88. The Hall–Kier alpha value is -0.810. The molecule has 0 unspecified atom stereocenters. The lowest BCUT2D eigenvalue weighted by molar-refractivity contribution is -0.152. The van der Waals surface area contributed by atoms with E-state index in [4.69, 9.17) is 5.11 Å². The zero-order valence-electron chi connectivity index (χ0n) is 7.65. The normalized spacial score (nSPS) is 15.1. The van der Waals surface area contributed by atoms with Crippen molar-refractivity contribution < 1.29 is 14.7 Å². The van der Waals surface area contributed by atoms with Crippen molar-refractivity contribution in [3.8, 4) is 0 Å². The first-order valence-corrected chi connectivity index (χ1v) is 4.25. The highest BCUT2D eigenvalue weighted by atomic mass is 32.1. The number of thiol groups is 1. The van der Waals surface area contributed by atoms with Gasteiger partial charge in [0, 0.05) is 5.75 Å². The third-order valence-corrected chi connectivity index (χ3v) is 2.40. The second-order valence-electron chi connectivity index (χ2n) is 2.79. The third kappa shape index (κ3) is 1.92. The molecule has 0 bridgehead atoms. The van der Waals surface area contributed by atoms with E-state index in [0.29, 0.717) is 0 Å². The predicted octanol–water partition coefficient (Wildman–Crippen LogP) is 0.0563. The molecule has 1 atom stereocenters. The molecule has 0 radical (unpaired) electrons. The van der Waals surface area contributed by atoms with Crippen LogP contribution in [0, 0.1) is 0 Å². The number of carbonyl (C=O) groups is 2. The van der Waals surface area contributed by atoms with Crippen LogP contribution in [0.1, 0.15) is 0 Å². The highest BCUT2D eigenvalue weighted by Crippen LogP contribution is 2.16. The zero-order chi connectivity index (χ0) is 10.6. The van der Waals surface area contributed by atoms with Gasteiger partial charge < -0.3 is 5.11 Å². The average Bonchev–Trinajstić information content (AvgIpc) is 2.04. The van der Waals surface area contributed by atoms with Gasteiger partial charge in [-0.05, 0) is 20.2 Å². The first-order chi connectivity index (χ1) is 5.93. The Labute approximate surface area is 82.6 Å². The fourth-order valence-corrected chi connectivity index (χ4v) is 1.55. The maximum absolute atomic E-state index is 11.4. The van der Waals surface area contributed by atoms with E-state index >= 15 is 0 Å². The topological polar surface area (TPSA) is 57.6 Å². The molecule has 0 aromatic rings. The van der Waals surface area contributed by atoms with E-state index in [9.17, 15) is 9.59 Å². The number of carboxylic acids is 1. The molecule has 4 nitrogen and oxygen atoms in total. The van der Waals surface area contributed by atoms with Crippen LogP contribution in [0.5, 0.6) is 0 Å². The molecule has 0 amide bonds. The first-order valence-electron chi connectivity index (χ1n) is 3.62. The number of nitrogens with zero attached hydrogens (tertiary/aromatic N) is 1. The molecule has 0 aromatic carbocycles. The summed E-state index contributed by atoms with van der Waals surface area (Å²) in [4.78, 5) is 23.6. The van der Waals surface area contributed by atoms with E-state index in [0.717, 1.165) is 6.08 Å². The van der Waals surface area contributed by atoms with Gasteiger partial charge >= 0.3 is 5.97 Å². The van der Waals surface area contributed by atoms with Gasteiger partial charge in [-0.25, -0.2) is 4.79 Å². The highest BCUT2D eigenvalue weighted by molar-refractivity contribution is 7.80. The maximum Gasteiger partial charge on any atom is 0.333 e. The van der Waals surface area contributed by atoms with E-state index in [1.165, 1.54) is 19.0 Å². The number of hydrogen-bond donors (Lipinski definition) is 2. The third-order valence-electron chi connectivity index (χ3n) is 1.94. The van der Waals surface area contributed by atoms with Crippen molar-refractivity contribution in [2.24, 2.45) is 0 Å². The van der Waals surface area contributed by atoms with Crippen LogP contribution in [0.4, 0.5) is 0 Å². The van der Waals surface area contributed by atoms with Gasteiger partial charge in [-0.2, -0.15) is 12.6 Å². The Kier molecular flexibility index (Phi) is 4.16. The zero-order valence-corrected chi connectivity index (χ0v) is 8.54. The van der Waals surface area contributed by atoms with Gasteiger partial charge in [0.05, 0.1) is 0 Å².